The number of carboxylic acids is 1. The molecule has 0 atom stereocenters. The molecule has 0 fully saturated rings. The molecule has 0 aliphatic heterocycles. The van der Waals surface area contributed by atoms with Crippen LogP contribution in [0.2, 0.25) is 0 Å². The summed E-state index contributed by atoms with van der Waals surface area (Å²) in [7, 11) is 1.28. The number of hydrogen-bond acceptors (Lipinski definition) is 6. The number of carbonyl (C=O) groups excluding carboxylic acids is 2. The summed E-state index contributed by atoms with van der Waals surface area (Å²) < 4.78 is 10.5. The van der Waals surface area contributed by atoms with Crippen LogP contribution >= 0.6 is 0 Å². The minimum absolute atomic E-state index is 0.000218. The van der Waals surface area contributed by atoms with Crippen molar-refractivity contribution in [2.45, 2.75) is 0 Å². The van der Waals surface area contributed by atoms with Gasteiger partial charge in [0.05, 0.1) is 18.2 Å². The Labute approximate surface area is 177 Å². The smallest absolute Gasteiger partial charge is 0.338 e. The summed E-state index contributed by atoms with van der Waals surface area (Å²) in [5, 5.41) is 20.9. The van der Waals surface area contributed by atoms with Crippen molar-refractivity contribution in [1.29, 1.82) is 5.26 Å². The highest BCUT2D eigenvalue weighted by atomic mass is 16.5. The topological polar surface area (TPSA) is 130 Å². The first kappa shape index (κ1) is 21.1. The maximum absolute atomic E-state index is 12.4. The molecule has 2 N–H and O–H groups in total. The minimum atomic E-state index is -1.14. The van der Waals surface area contributed by atoms with Crippen LogP contribution in [0.3, 0.4) is 0 Å². The third-order valence-electron chi connectivity index (χ3n) is 4.24. The first-order valence-electron chi connectivity index (χ1n) is 8.97. The summed E-state index contributed by atoms with van der Waals surface area (Å²) in [6, 6.07) is 17.3. The van der Waals surface area contributed by atoms with Crippen LogP contribution in [0.15, 0.2) is 70.7 Å². The molecule has 154 valence electrons. The lowest BCUT2D eigenvalue weighted by molar-refractivity contribution is -0.112. The third-order valence-corrected chi connectivity index (χ3v) is 4.24. The first-order chi connectivity index (χ1) is 14.9. The van der Waals surface area contributed by atoms with Crippen molar-refractivity contribution >= 4 is 29.6 Å². The van der Waals surface area contributed by atoms with Crippen LogP contribution in [-0.2, 0) is 9.53 Å². The Balaban J connectivity index is 1.85. The third kappa shape index (κ3) is 4.86. The quantitative estimate of drug-likeness (QED) is 0.353. The maximum atomic E-state index is 12.4. The summed E-state index contributed by atoms with van der Waals surface area (Å²) in [6.07, 6.45) is 1.25. The molecule has 0 aliphatic rings. The highest BCUT2D eigenvalue weighted by Gasteiger charge is 2.16. The van der Waals surface area contributed by atoms with Gasteiger partial charge in [-0.2, -0.15) is 5.26 Å². The van der Waals surface area contributed by atoms with Gasteiger partial charge in [-0.3, -0.25) is 4.79 Å². The van der Waals surface area contributed by atoms with E-state index >= 15 is 0 Å². The number of esters is 1. The number of hydrogen-bond donors (Lipinski definition) is 2. The molecule has 3 aromatic rings. The molecule has 8 nitrogen and oxygen atoms in total. The van der Waals surface area contributed by atoms with Gasteiger partial charge >= 0.3 is 11.9 Å². The van der Waals surface area contributed by atoms with Crippen molar-refractivity contribution in [2.75, 3.05) is 12.4 Å². The van der Waals surface area contributed by atoms with Crippen molar-refractivity contribution in [1.82, 2.24) is 0 Å². The Bertz CT molecular complexity index is 1230. The Morgan fingerprint density at radius 1 is 1.10 bits per heavy atom. The fourth-order valence-electron chi connectivity index (χ4n) is 2.78. The fourth-order valence-corrected chi connectivity index (χ4v) is 2.78. The number of rotatable bonds is 6. The molecule has 0 bridgehead atoms. The minimum Gasteiger partial charge on any atom is -0.478 e. The molecule has 0 unspecified atom stereocenters. The molecular formula is C23H16N2O6. The zero-order valence-electron chi connectivity index (χ0n) is 16.3. The number of anilines is 1. The van der Waals surface area contributed by atoms with E-state index in [9.17, 15) is 19.6 Å². The summed E-state index contributed by atoms with van der Waals surface area (Å²) in [6.45, 7) is 0. The molecule has 3 rings (SSSR count). The van der Waals surface area contributed by atoms with E-state index in [1.165, 1.54) is 37.5 Å². The molecule has 1 heterocycles. The van der Waals surface area contributed by atoms with Gasteiger partial charge in [0.15, 0.2) is 0 Å². The Morgan fingerprint density at radius 2 is 1.87 bits per heavy atom. The van der Waals surface area contributed by atoms with Crippen LogP contribution in [0.25, 0.3) is 17.4 Å². The van der Waals surface area contributed by atoms with Gasteiger partial charge in [-0.15, -0.1) is 0 Å². The Morgan fingerprint density at radius 3 is 2.58 bits per heavy atom. The second-order valence-corrected chi connectivity index (χ2v) is 6.25. The van der Waals surface area contributed by atoms with Crippen molar-refractivity contribution in [3.05, 3.63) is 83.1 Å². The number of carboxylic acid groups (broad SMARTS) is 1. The Kier molecular flexibility index (Phi) is 6.28. The fraction of sp³-hybridized carbons (Fsp3) is 0.0435. The second-order valence-electron chi connectivity index (χ2n) is 6.25. The number of furan rings is 1. The van der Waals surface area contributed by atoms with Gasteiger partial charge in [-0.25, -0.2) is 9.59 Å². The summed E-state index contributed by atoms with van der Waals surface area (Å²) in [5.41, 5.74) is 0.801. The predicted molar refractivity (Wildman–Crippen MR) is 111 cm³/mol. The van der Waals surface area contributed by atoms with E-state index in [-0.39, 0.29) is 22.6 Å². The van der Waals surface area contributed by atoms with E-state index in [2.05, 4.69) is 5.32 Å². The van der Waals surface area contributed by atoms with Crippen LogP contribution < -0.4 is 5.32 Å². The average molecular weight is 416 g/mol. The summed E-state index contributed by atoms with van der Waals surface area (Å²) in [4.78, 5) is 35.5. The highest BCUT2D eigenvalue weighted by Crippen LogP contribution is 2.27. The maximum Gasteiger partial charge on any atom is 0.338 e. The molecule has 0 saturated heterocycles. The molecule has 0 radical (unpaired) electrons. The first-order valence-corrected chi connectivity index (χ1v) is 8.97. The number of methoxy groups -OCH3 is 1. The lowest BCUT2D eigenvalue weighted by Gasteiger charge is -2.05. The normalized spacial score (nSPS) is 10.8. The van der Waals surface area contributed by atoms with Gasteiger partial charge < -0.3 is 19.6 Å². The molecule has 0 spiro atoms. The number of benzene rings is 2. The number of amides is 1. The van der Waals surface area contributed by atoms with E-state index in [0.717, 1.165) is 0 Å². The number of nitrogens with one attached hydrogen (secondary N) is 1. The monoisotopic (exact) mass is 416 g/mol. The summed E-state index contributed by atoms with van der Waals surface area (Å²) in [5.74, 6) is -1.80. The van der Waals surface area contributed by atoms with Gasteiger partial charge in [-0.05, 0) is 36.4 Å². The van der Waals surface area contributed by atoms with E-state index in [4.69, 9.17) is 14.3 Å². The highest BCUT2D eigenvalue weighted by molar-refractivity contribution is 6.09. The van der Waals surface area contributed by atoms with E-state index in [1.54, 1.807) is 42.5 Å². The number of nitrogens with zero attached hydrogens (tertiary/aromatic N) is 1. The van der Waals surface area contributed by atoms with Crippen LogP contribution in [0.1, 0.15) is 26.5 Å². The van der Waals surface area contributed by atoms with Crippen molar-refractivity contribution in [3.8, 4) is 17.4 Å². The molecule has 8 heteroatoms. The predicted octanol–water partition coefficient (Wildman–Crippen LogP) is 3.98. The zero-order valence-corrected chi connectivity index (χ0v) is 16.3. The number of carbonyl (C=O) groups is 3. The molecule has 1 aromatic heterocycles. The van der Waals surface area contributed by atoms with E-state index in [1.807, 2.05) is 0 Å². The van der Waals surface area contributed by atoms with Crippen molar-refractivity contribution in [2.24, 2.45) is 0 Å². The standard InChI is InChI=1S/C23H16N2O6/c1-30-23(29)19-8-3-2-7-18(19)20-10-9-17(31-20)12-15(13-24)21(26)25-16-6-4-5-14(11-16)22(27)28/h2-12H,1H3,(H,25,26)(H,27,28)/b15-12-. The van der Waals surface area contributed by atoms with Crippen LogP contribution in [0.4, 0.5) is 5.69 Å². The largest absolute Gasteiger partial charge is 0.478 e. The van der Waals surface area contributed by atoms with Crippen LogP contribution in [-0.4, -0.2) is 30.1 Å². The number of ether oxygens (including phenoxy) is 1. The van der Waals surface area contributed by atoms with Crippen LogP contribution in [0, 0.1) is 11.3 Å². The zero-order chi connectivity index (χ0) is 22.4. The molecule has 0 aliphatic carbocycles. The van der Waals surface area contributed by atoms with Crippen molar-refractivity contribution < 1.29 is 28.6 Å². The SMILES string of the molecule is COC(=O)c1ccccc1-c1ccc(/C=C(/C#N)C(=O)Nc2cccc(C(=O)O)c2)o1. The van der Waals surface area contributed by atoms with Crippen LogP contribution in [0.5, 0.6) is 0 Å². The molecule has 31 heavy (non-hydrogen) atoms. The Hall–Kier alpha value is -4.64. The van der Waals surface area contributed by atoms with Crippen molar-refractivity contribution in [3.63, 3.8) is 0 Å². The molecule has 1 amide bonds. The average Bonchev–Trinajstić information content (AvgIpc) is 3.25. The lowest BCUT2D eigenvalue weighted by atomic mass is 10.1. The molecular weight excluding hydrogens is 400 g/mol. The van der Waals surface area contributed by atoms with Gasteiger partial charge in [0.25, 0.3) is 5.91 Å². The lowest BCUT2D eigenvalue weighted by Crippen LogP contribution is -2.13. The van der Waals surface area contributed by atoms with Gasteiger partial charge in [0, 0.05) is 17.3 Å². The van der Waals surface area contributed by atoms with E-state index < -0.39 is 17.8 Å². The van der Waals surface area contributed by atoms with Gasteiger partial charge in [0.1, 0.15) is 23.2 Å². The van der Waals surface area contributed by atoms with E-state index in [0.29, 0.717) is 16.9 Å². The summed E-state index contributed by atoms with van der Waals surface area (Å²) >= 11 is 0. The molecule has 0 saturated carbocycles. The molecule has 2 aromatic carbocycles. The van der Waals surface area contributed by atoms with Gasteiger partial charge in [-0.1, -0.05) is 24.3 Å². The number of nitriles is 1. The van der Waals surface area contributed by atoms with Gasteiger partial charge in [0.2, 0.25) is 0 Å². The second kappa shape index (κ2) is 9.24. The number of aromatic carboxylic acids is 1.